The molecule has 0 aromatic heterocycles. The molecule has 1 aliphatic rings. The summed E-state index contributed by atoms with van der Waals surface area (Å²) >= 11 is 5.61. The Morgan fingerprint density at radius 1 is 1.33 bits per heavy atom. The predicted molar refractivity (Wildman–Crippen MR) is 67.2 cm³/mol. The van der Waals surface area contributed by atoms with E-state index in [4.69, 9.17) is 11.6 Å². The van der Waals surface area contributed by atoms with Crippen LogP contribution in [0, 0.1) is 5.82 Å². The number of hydrogen-bond donors (Lipinski definition) is 1. The summed E-state index contributed by atoms with van der Waals surface area (Å²) in [5.74, 6) is -1.52. The van der Waals surface area contributed by atoms with Gasteiger partial charge in [0.2, 0.25) is 0 Å². The van der Waals surface area contributed by atoms with Crippen LogP contribution in [0.2, 0.25) is 5.02 Å². The van der Waals surface area contributed by atoms with E-state index in [9.17, 15) is 14.3 Å². The van der Waals surface area contributed by atoms with Crippen molar-refractivity contribution in [1.82, 2.24) is 4.90 Å². The number of halogens is 2. The molecule has 0 spiro atoms. The van der Waals surface area contributed by atoms with Gasteiger partial charge in [-0.15, -0.1) is 0 Å². The first-order valence-corrected chi connectivity index (χ1v) is 6.39. The van der Waals surface area contributed by atoms with Crippen LogP contribution in [0.25, 0.3) is 0 Å². The molecule has 1 aromatic carbocycles. The fraction of sp³-hybridized carbons (Fsp3) is 0.462. The van der Waals surface area contributed by atoms with Crippen molar-refractivity contribution >= 4 is 17.6 Å². The molecule has 1 aliphatic heterocycles. The Morgan fingerprint density at radius 3 is 2.56 bits per heavy atom. The van der Waals surface area contributed by atoms with Gasteiger partial charge in [0, 0.05) is 0 Å². The quantitative estimate of drug-likeness (QED) is 0.918. The number of rotatable bonds is 3. The van der Waals surface area contributed by atoms with E-state index in [0.717, 1.165) is 32.4 Å². The van der Waals surface area contributed by atoms with Gasteiger partial charge in [0.15, 0.2) is 0 Å². The van der Waals surface area contributed by atoms with Crippen LogP contribution in [0.3, 0.4) is 0 Å². The fourth-order valence-corrected chi connectivity index (χ4v) is 2.49. The maximum atomic E-state index is 13.4. The summed E-state index contributed by atoms with van der Waals surface area (Å²) in [6, 6.07) is 3.43. The van der Waals surface area contributed by atoms with Crippen molar-refractivity contribution in [3.05, 3.63) is 34.6 Å². The zero-order chi connectivity index (χ0) is 13.1. The van der Waals surface area contributed by atoms with E-state index in [1.54, 1.807) is 6.07 Å². The topological polar surface area (TPSA) is 40.5 Å². The zero-order valence-corrected chi connectivity index (χ0v) is 10.7. The standard InChI is InChI=1S/C13H15ClFNO2/c14-10-5-4-9(8-11(10)15)12(13(17)18)16-6-2-1-3-7-16/h4-5,8,12H,1-3,6-7H2,(H,17,18). The second-order valence-electron chi connectivity index (χ2n) is 4.51. The Bertz CT molecular complexity index is 447. The number of nitrogens with zero attached hydrogens (tertiary/aromatic N) is 1. The molecule has 2 rings (SSSR count). The summed E-state index contributed by atoms with van der Waals surface area (Å²) in [4.78, 5) is 13.3. The Balaban J connectivity index is 2.28. The molecule has 0 radical (unpaired) electrons. The minimum absolute atomic E-state index is 0.0153. The molecule has 1 heterocycles. The van der Waals surface area contributed by atoms with E-state index in [1.165, 1.54) is 12.1 Å². The molecule has 3 nitrogen and oxygen atoms in total. The lowest BCUT2D eigenvalue weighted by Crippen LogP contribution is -2.37. The maximum absolute atomic E-state index is 13.4. The van der Waals surface area contributed by atoms with E-state index in [1.807, 2.05) is 4.90 Å². The van der Waals surface area contributed by atoms with Gasteiger partial charge in [-0.25, -0.2) is 4.39 Å². The monoisotopic (exact) mass is 271 g/mol. The maximum Gasteiger partial charge on any atom is 0.325 e. The lowest BCUT2D eigenvalue weighted by atomic mass is 10.0. The molecule has 18 heavy (non-hydrogen) atoms. The first-order chi connectivity index (χ1) is 8.59. The molecular formula is C13H15ClFNO2. The third-order valence-corrected chi connectivity index (χ3v) is 3.56. The molecule has 1 aromatic rings. The highest BCUT2D eigenvalue weighted by molar-refractivity contribution is 6.30. The Morgan fingerprint density at radius 2 is 2.00 bits per heavy atom. The molecule has 1 unspecified atom stereocenters. The highest BCUT2D eigenvalue weighted by Gasteiger charge is 2.28. The van der Waals surface area contributed by atoms with E-state index in [2.05, 4.69) is 0 Å². The lowest BCUT2D eigenvalue weighted by molar-refractivity contribution is -0.144. The number of carbonyl (C=O) groups is 1. The zero-order valence-electron chi connectivity index (χ0n) is 9.90. The summed E-state index contributed by atoms with van der Waals surface area (Å²) < 4.78 is 13.4. The van der Waals surface area contributed by atoms with E-state index < -0.39 is 17.8 Å². The molecule has 98 valence electrons. The van der Waals surface area contributed by atoms with Gasteiger partial charge in [-0.05, 0) is 43.6 Å². The molecule has 1 N–H and O–H groups in total. The molecule has 0 amide bonds. The molecular weight excluding hydrogens is 257 g/mol. The highest BCUT2D eigenvalue weighted by Crippen LogP contribution is 2.27. The van der Waals surface area contributed by atoms with Crippen molar-refractivity contribution in [3.63, 3.8) is 0 Å². The lowest BCUT2D eigenvalue weighted by Gasteiger charge is -2.32. The van der Waals surface area contributed by atoms with E-state index in [-0.39, 0.29) is 5.02 Å². The number of aliphatic carboxylic acids is 1. The summed E-state index contributed by atoms with van der Waals surface area (Å²) in [5.41, 5.74) is 0.450. The summed E-state index contributed by atoms with van der Waals surface area (Å²) in [7, 11) is 0. The molecule has 1 saturated heterocycles. The van der Waals surface area contributed by atoms with Gasteiger partial charge in [0.25, 0.3) is 0 Å². The third kappa shape index (κ3) is 2.82. The van der Waals surface area contributed by atoms with Crippen LogP contribution in [0.15, 0.2) is 18.2 Å². The van der Waals surface area contributed by atoms with Crippen LogP contribution >= 0.6 is 11.6 Å². The van der Waals surface area contributed by atoms with Crippen molar-refractivity contribution in [2.75, 3.05) is 13.1 Å². The van der Waals surface area contributed by atoms with Gasteiger partial charge in [-0.2, -0.15) is 0 Å². The Kier molecular flexibility index (Phi) is 4.19. The molecule has 1 fully saturated rings. The van der Waals surface area contributed by atoms with E-state index in [0.29, 0.717) is 5.56 Å². The van der Waals surface area contributed by atoms with Crippen LogP contribution in [0.5, 0.6) is 0 Å². The van der Waals surface area contributed by atoms with Crippen LogP contribution in [-0.4, -0.2) is 29.1 Å². The number of likely N-dealkylation sites (tertiary alicyclic amines) is 1. The minimum Gasteiger partial charge on any atom is -0.480 e. The minimum atomic E-state index is -0.946. The molecule has 0 saturated carbocycles. The van der Waals surface area contributed by atoms with Crippen LogP contribution in [0.4, 0.5) is 4.39 Å². The van der Waals surface area contributed by atoms with Gasteiger partial charge in [0.05, 0.1) is 5.02 Å². The smallest absolute Gasteiger partial charge is 0.325 e. The van der Waals surface area contributed by atoms with Crippen molar-refractivity contribution in [2.24, 2.45) is 0 Å². The highest BCUT2D eigenvalue weighted by atomic mass is 35.5. The SMILES string of the molecule is O=C(O)C(c1ccc(Cl)c(F)c1)N1CCCCC1. The van der Waals surface area contributed by atoms with Crippen LogP contribution in [-0.2, 0) is 4.79 Å². The first kappa shape index (κ1) is 13.3. The summed E-state index contributed by atoms with van der Waals surface area (Å²) in [6.45, 7) is 1.47. The average molecular weight is 272 g/mol. The van der Waals surface area contributed by atoms with Gasteiger partial charge in [-0.1, -0.05) is 24.1 Å². The van der Waals surface area contributed by atoms with Gasteiger partial charge < -0.3 is 5.11 Å². The van der Waals surface area contributed by atoms with E-state index >= 15 is 0 Å². The Labute approximate surface area is 110 Å². The normalized spacial score (nSPS) is 18.6. The number of piperidine rings is 1. The summed E-state index contributed by atoms with van der Waals surface area (Å²) in [5, 5.41) is 9.36. The fourth-order valence-electron chi connectivity index (χ4n) is 2.37. The molecule has 1 atom stereocenters. The molecule has 0 aliphatic carbocycles. The first-order valence-electron chi connectivity index (χ1n) is 6.01. The van der Waals surface area contributed by atoms with Crippen molar-refractivity contribution in [2.45, 2.75) is 25.3 Å². The number of carboxylic acid groups (broad SMARTS) is 1. The third-order valence-electron chi connectivity index (χ3n) is 3.25. The molecule has 0 bridgehead atoms. The van der Waals surface area contributed by atoms with Gasteiger partial charge >= 0.3 is 5.97 Å². The second kappa shape index (κ2) is 5.67. The average Bonchev–Trinajstić information content (AvgIpc) is 2.35. The number of benzene rings is 1. The Hall–Kier alpha value is -1.13. The van der Waals surface area contributed by atoms with Crippen LogP contribution in [0.1, 0.15) is 30.9 Å². The van der Waals surface area contributed by atoms with Gasteiger partial charge in [0.1, 0.15) is 11.9 Å². The number of hydrogen-bond acceptors (Lipinski definition) is 2. The van der Waals surface area contributed by atoms with Gasteiger partial charge in [-0.3, -0.25) is 9.69 Å². The largest absolute Gasteiger partial charge is 0.480 e. The van der Waals surface area contributed by atoms with Crippen LogP contribution < -0.4 is 0 Å². The van der Waals surface area contributed by atoms with Crippen molar-refractivity contribution in [1.29, 1.82) is 0 Å². The molecule has 5 heteroatoms. The number of carboxylic acids is 1. The van der Waals surface area contributed by atoms with Crippen molar-refractivity contribution < 1.29 is 14.3 Å². The predicted octanol–water partition coefficient (Wildman–Crippen LogP) is 3.09. The van der Waals surface area contributed by atoms with Crippen molar-refractivity contribution in [3.8, 4) is 0 Å². The second-order valence-corrected chi connectivity index (χ2v) is 4.92. The summed E-state index contributed by atoms with van der Waals surface area (Å²) in [6.07, 6.45) is 3.09.